The highest BCUT2D eigenvalue weighted by atomic mass is 16.1. The lowest BCUT2D eigenvalue weighted by molar-refractivity contribution is -0.108. The Hall–Kier alpha value is -1.15. The first-order valence-corrected chi connectivity index (χ1v) is 7.80. The summed E-state index contributed by atoms with van der Waals surface area (Å²) in [6.45, 7) is 10.6. The summed E-state index contributed by atoms with van der Waals surface area (Å²) in [6.07, 6.45) is 2.52. The third-order valence-electron chi connectivity index (χ3n) is 3.70. The van der Waals surface area contributed by atoms with Crippen molar-refractivity contribution < 1.29 is 4.79 Å². The van der Waals surface area contributed by atoms with Crippen LogP contribution in [0.3, 0.4) is 0 Å². The van der Waals surface area contributed by atoms with Crippen LogP contribution in [0.2, 0.25) is 0 Å². The predicted octanol–water partition coefficient (Wildman–Crippen LogP) is 4.51. The Morgan fingerprint density at radius 3 is 1.95 bits per heavy atom. The maximum Gasteiger partial charge on any atom is 0.120 e. The second kappa shape index (κ2) is 10.6. The fourth-order valence-electron chi connectivity index (χ4n) is 2.31. The van der Waals surface area contributed by atoms with Gasteiger partial charge in [0, 0.05) is 12.5 Å². The number of carbonyl (C=O) groups excluding carboxylic acids is 1. The van der Waals surface area contributed by atoms with E-state index < -0.39 is 0 Å². The molecular weight excluding hydrogens is 246 g/mol. The Morgan fingerprint density at radius 2 is 1.55 bits per heavy atom. The molecule has 0 bridgehead atoms. The SMILES string of the molecule is CC.CNC(CCC=O)C(C)c1ccc(C(C)C)cc1. The van der Waals surface area contributed by atoms with Crippen LogP contribution in [-0.4, -0.2) is 19.4 Å². The molecule has 1 aromatic rings. The zero-order chi connectivity index (χ0) is 15.5. The van der Waals surface area contributed by atoms with Crippen molar-refractivity contribution in [1.29, 1.82) is 0 Å². The van der Waals surface area contributed by atoms with E-state index in [1.54, 1.807) is 0 Å². The maximum atomic E-state index is 10.5. The quantitative estimate of drug-likeness (QED) is 0.743. The van der Waals surface area contributed by atoms with Crippen molar-refractivity contribution in [2.75, 3.05) is 7.05 Å². The van der Waals surface area contributed by atoms with Crippen molar-refractivity contribution in [3.8, 4) is 0 Å². The zero-order valence-corrected chi connectivity index (χ0v) is 13.9. The topological polar surface area (TPSA) is 29.1 Å². The van der Waals surface area contributed by atoms with Gasteiger partial charge in [-0.3, -0.25) is 0 Å². The fraction of sp³-hybridized carbons (Fsp3) is 0.611. The van der Waals surface area contributed by atoms with Gasteiger partial charge in [0.1, 0.15) is 6.29 Å². The van der Waals surface area contributed by atoms with Gasteiger partial charge in [0.15, 0.2) is 0 Å². The number of nitrogens with one attached hydrogen (secondary N) is 1. The predicted molar refractivity (Wildman–Crippen MR) is 88.4 cm³/mol. The molecule has 1 rings (SSSR count). The first-order valence-electron chi connectivity index (χ1n) is 7.80. The highest BCUT2D eigenvalue weighted by Gasteiger charge is 2.16. The van der Waals surface area contributed by atoms with Crippen molar-refractivity contribution in [3.63, 3.8) is 0 Å². The molecule has 0 aliphatic rings. The molecular formula is C18H31NO. The summed E-state index contributed by atoms with van der Waals surface area (Å²) in [6, 6.07) is 9.21. The number of hydrogen-bond acceptors (Lipinski definition) is 2. The molecule has 0 saturated heterocycles. The first kappa shape index (κ1) is 18.9. The van der Waals surface area contributed by atoms with E-state index in [0.717, 1.165) is 12.7 Å². The van der Waals surface area contributed by atoms with E-state index >= 15 is 0 Å². The zero-order valence-electron chi connectivity index (χ0n) is 13.9. The standard InChI is InChI=1S/C16H25NO.C2H6/c1-12(2)14-7-9-15(10-8-14)13(3)16(17-4)6-5-11-18;1-2/h7-13,16-17H,5-6H2,1-4H3;1-2H3. The maximum absolute atomic E-state index is 10.5. The summed E-state index contributed by atoms with van der Waals surface area (Å²) in [4.78, 5) is 10.5. The van der Waals surface area contributed by atoms with Crippen LogP contribution in [0.4, 0.5) is 0 Å². The minimum absolute atomic E-state index is 0.361. The molecule has 0 fully saturated rings. The molecule has 0 aliphatic heterocycles. The van der Waals surface area contributed by atoms with Crippen LogP contribution in [0.25, 0.3) is 0 Å². The van der Waals surface area contributed by atoms with E-state index in [1.807, 2.05) is 20.9 Å². The van der Waals surface area contributed by atoms with Crippen molar-refractivity contribution in [3.05, 3.63) is 35.4 Å². The molecule has 0 amide bonds. The molecule has 2 heteroatoms. The monoisotopic (exact) mass is 277 g/mol. The van der Waals surface area contributed by atoms with E-state index in [1.165, 1.54) is 11.1 Å². The number of carbonyl (C=O) groups is 1. The van der Waals surface area contributed by atoms with Crippen molar-refractivity contribution in [1.82, 2.24) is 5.32 Å². The van der Waals surface area contributed by atoms with Gasteiger partial charge < -0.3 is 10.1 Å². The molecule has 2 nitrogen and oxygen atoms in total. The molecule has 1 aromatic carbocycles. The van der Waals surface area contributed by atoms with Gasteiger partial charge in [0.2, 0.25) is 0 Å². The molecule has 0 saturated carbocycles. The van der Waals surface area contributed by atoms with E-state index in [-0.39, 0.29) is 0 Å². The van der Waals surface area contributed by atoms with E-state index in [9.17, 15) is 4.79 Å². The molecule has 2 atom stereocenters. The summed E-state index contributed by atoms with van der Waals surface area (Å²) in [5, 5.41) is 3.31. The molecule has 20 heavy (non-hydrogen) atoms. The van der Waals surface area contributed by atoms with Gasteiger partial charge in [0.05, 0.1) is 0 Å². The van der Waals surface area contributed by atoms with E-state index in [4.69, 9.17) is 0 Å². The molecule has 0 heterocycles. The lowest BCUT2D eigenvalue weighted by atomic mass is 9.89. The number of hydrogen-bond donors (Lipinski definition) is 1. The summed E-state index contributed by atoms with van der Waals surface area (Å²) in [5.74, 6) is 1.00. The van der Waals surface area contributed by atoms with Gasteiger partial charge >= 0.3 is 0 Å². The van der Waals surface area contributed by atoms with Crippen LogP contribution in [0, 0.1) is 0 Å². The number of benzene rings is 1. The van der Waals surface area contributed by atoms with E-state index in [2.05, 4.69) is 50.4 Å². The van der Waals surface area contributed by atoms with Crippen LogP contribution >= 0.6 is 0 Å². The molecule has 2 unspecified atom stereocenters. The summed E-state index contributed by atoms with van der Waals surface area (Å²) in [5.41, 5.74) is 2.71. The summed E-state index contributed by atoms with van der Waals surface area (Å²) >= 11 is 0. The van der Waals surface area contributed by atoms with Gasteiger partial charge in [-0.05, 0) is 36.4 Å². The van der Waals surface area contributed by atoms with Crippen molar-refractivity contribution in [2.24, 2.45) is 0 Å². The van der Waals surface area contributed by atoms with Gasteiger partial charge in [-0.15, -0.1) is 0 Å². The smallest absolute Gasteiger partial charge is 0.120 e. The minimum Gasteiger partial charge on any atom is -0.316 e. The molecule has 0 aromatic heterocycles. The average Bonchev–Trinajstić information content (AvgIpc) is 2.50. The van der Waals surface area contributed by atoms with Crippen molar-refractivity contribution in [2.45, 2.75) is 65.3 Å². The van der Waals surface area contributed by atoms with Crippen LogP contribution in [-0.2, 0) is 4.79 Å². The van der Waals surface area contributed by atoms with Gasteiger partial charge in [0.25, 0.3) is 0 Å². The lowest BCUT2D eigenvalue weighted by Gasteiger charge is -2.23. The van der Waals surface area contributed by atoms with Crippen LogP contribution in [0.5, 0.6) is 0 Å². The summed E-state index contributed by atoms with van der Waals surface area (Å²) in [7, 11) is 1.97. The summed E-state index contributed by atoms with van der Waals surface area (Å²) < 4.78 is 0. The second-order valence-corrected chi connectivity index (χ2v) is 5.25. The first-order chi connectivity index (χ1) is 9.60. The average molecular weight is 277 g/mol. The van der Waals surface area contributed by atoms with Gasteiger partial charge in [-0.2, -0.15) is 0 Å². The van der Waals surface area contributed by atoms with Crippen LogP contribution in [0.15, 0.2) is 24.3 Å². The Bertz CT molecular complexity index is 356. The van der Waals surface area contributed by atoms with Crippen LogP contribution in [0.1, 0.15) is 70.4 Å². The Balaban J connectivity index is 0.00000172. The highest BCUT2D eigenvalue weighted by Crippen LogP contribution is 2.24. The largest absolute Gasteiger partial charge is 0.316 e. The third-order valence-corrected chi connectivity index (χ3v) is 3.70. The highest BCUT2D eigenvalue weighted by molar-refractivity contribution is 5.49. The number of rotatable bonds is 7. The number of aldehydes is 1. The molecule has 0 radical (unpaired) electrons. The Morgan fingerprint density at radius 1 is 1.05 bits per heavy atom. The molecule has 0 aliphatic carbocycles. The minimum atomic E-state index is 0.361. The van der Waals surface area contributed by atoms with E-state index in [0.29, 0.717) is 24.3 Å². The third kappa shape index (κ3) is 5.87. The second-order valence-electron chi connectivity index (χ2n) is 5.25. The Kier molecular flexibility index (Phi) is 10.0. The fourth-order valence-corrected chi connectivity index (χ4v) is 2.31. The van der Waals surface area contributed by atoms with Gasteiger partial charge in [-0.1, -0.05) is 58.9 Å². The molecule has 1 N–H and O–H groups in total. The van der Waals surface area contributed by atoms with Crippen molar-refractivity contribution >= 4 is 6.29 Å². The van der Waals surface area contributed by atoms with Gasteiger partial charge in [-0.25, -0.2) is 0 Å². The normalized spacial score (nSPS) is 13.3. The molecule has 0 spiro atoms. The lowest BCUT2D eigenvalue weighted by Crippen LogP contribution is -2.30. The Labute approximate surface area is 125 Å². The molecule has 114 valence electrons. The number of likely N-dealkylation sites (N-methyl/N-ethyl adjacent to an activating group) is 1. The van der Waals surface area contributed by atoms with Crippen LogP contribution < -0.4 is 5.32 Å².